The number of carbonyl (C=O) groups is 1. The summed E-state index contributed by atoms with van der Waals surface area (Å²) >= 11 is 0. The summed E-state index contributed by atoms with van der Waals surface area (Å²) in [6.45, 7) is -0.0805. The van der Waals surface area contributed by atoms with Crippen molar-refractivity contribution in [1.29, 1.82) is 0 Å². The second-order valence-corrected chi connectivity index (χ2v) is 4.99. The van der Waals surface area contributed by atoms with Crippen LogP contribution in [-0.2, 0) is 4.79 Å². The number of aromatic nitrogens is 1. The Kier molecular flexibility index (Phi) is 4.19. The zero-order valence-electron chi connectivity index (χ0n) is 12.5. The Morgan fingerprint density at radius 2 is 2.04 bits per heavy atom. The van der Waals surface area contributed by atoms with E-state index in [0.29, 0.717) is 16.7 Å². The smallest absolute Gasteiger partial charge is 0.257 e. The van der Waals surface area contributed by atoms with E-state index in [2.05, 4.69) is 10.3 Å². The molecule has 0 atom stereocenters. The molecule has 0 saturated carbocycles. The minimum Gasteiger partial charge on any atom is -0.483 e. The molecule has 5 heteroatoms. The minimum absolute atomic E-state index is 0.0805. The fraction of sp³-hybridized carbons (Fsp3) is 0.111. The Morgan fingerprint density at radius 1 is 1.22 bits per heavy atom. The van der Waals surface area contributed by atoms with Crippen LogP contribution in [0.15, 0.2) is 54.7 Å². The van der Waals surface area contributed by atoms with E-state index in [1.807, 2.05) is 18.2 Å². The number of nitrogens with zero attached hydrogens (tertiary/aromatic N) is 1. The van der Waals surface area contributed by atoms with Gasteiger partial charge in [-0.05, 0) is 24.3 Å². The normalized spacial score (nSPS) is 10.5. The van der Waals surface area contributed by atoms with Crippen LogP contribution in [-0.4, -0.2) is 24.5 Å². The minimum atomic E-state index is -0.319. The first-order valence-electron chi connectivity index (χ1n) is 7.16. The molecule has 4 nitrogen and oxygen atoms in total. The molecule has 116 valence electrons. The zero-order valence-corrected chi connectivity index (χ0v) is 12.5. The molecule has 3 aromatic rings. The highest BCUT2D eigenvalue weighted by Crippen LogP contribution is 2.31. The fourth-order valence-electron chi connectivity index (χ4n) is 2.31. The second kappa shape index (κ2) is 6.44. The molecule has 0 radical (unpaired) electrons. The number of ether oxygens (including phenoxy) is 1. The van der Waals surface area contributed by atoms with E-state index in [0.717, 1.165) is 11.1 Å². The number of carbonyl (C=O) groups excluding carboxylic acids is 1. The van der Waals surface area contributed by atoms with Crippen LogP contribution in [0, 0.1) is 5.82 Å². The van der Waals surface area contributed by atoms with Gasteiger partial charge in [0.1, 0.15) is 11.6 Å². The van der Waals surface area contributed by atoms with Crippen LogP contribution in [0.2, 0.25) is 0 Å². The average molecular weight is 310 g/mol. The maximum Gasteiger partial charge on any atom is 0.257 e. The Hall–Kier alpha value is -2.95. The second-order valence-electron chi connectivity index (χ2n) is 4.99. The van der Waals surface area contributed by atoms with Gasteiger partial charge in [-0.3, -0.25) is 9.78 Å². The van der Waals surface area contributed by atoms with Crippen molar-refractivity contribution in [3.05, 3.63) is 60.5 Å². The lowest BCUT2D eigenvalue weighted by molar-refractivity contribution is -0.122. The summed E-state index contributed by atoms with van der Waals surface area (Å²) in [4.78, 5) is 15.7. The summed E-state index contributed by atoms with van der Waals surface area (Å²) in [6.07, 6.45) is 1.67. The van der Waals surface area contributed by atoms with Gasteiger partial charge >= 0.3 is 0 Å². The molecule has 0 unspecified atom stereocenters. The van der Waals surface area contributed by atoms with Crippen molar-refractivity contribution in [3.63, 3.8) is 0 Å². The largest absolute Gasteiger partial charge is 0.483 e. The molecule has 0 spiro atoms. The molecule has 1 N–H and O–H groups in total. The molecule has 0 bridgehead atoms. The zero-order chi connectivity index (χ0) is 16.2. The van der Waals surface area contributed by atoms with Gasteiger partial charge in [-0.15, -0.1) is 0 Å². The fourth-order valence-corrected chi connectivity index (χ4v) is 2.31. The van der Waals surface area contributed by atoms with Crippen molar-refractivity contribution < 1.29 is 13.9 Å². The Morgan fingerprint density at radius 3 is 2.87 bits per heavy atom. The molecule has 1 aromatic heterocycles. The number of nitrogens with one attached hydrogen (secondary N) is 1. The average Bonchev–Trinajstić information content (AvgIpc) is 2.60. The summed E-state index contributed by atoms with van der Waals surface area (Å²) < 4.78 is 19.5. The van der Waals surface area contributed by atoms with E-state index in [9.17, 15) is 9.18 Å². The van der Waals surface area contributed by atoms with E-state index in [1.54, 1.807) is 37.5 Å². The molecule has 0 fully saturated rings. The monoisotopic (exact) mass is 310 g/mol. The van der Waals surface area contributed by atoms with Gasteiger partial charge in [0.05, 0.1) is 5.52 Å². The maximum atomic E-state index is 14.0. The molecule has 3 rings (SSSR count). The molecule has 0 saturated heterocycles. The molecule has 0 aliphatic carbocycles. The number of fused-ring (bicyclic) bond motifs is 1. The number of hydrogen-bond acceptors (Lipinski definition) is 3. The first-order valence-corrected chi connectivity index (χ1v) is 7.16. The van der Waals surface area contributed by atoms with Crippen molar-refractivity contribution in [2.45, 2.75) is 0 Å². The first kappa shape index (κ1) is 15.0. The lowest BCUT2D eigenvalue weighted by Crippen LogP contribution is -2.24. The molecule has 1 amide bonds. The van der Waals surface area contributed by atoms with Crippen LogP contribution in [0.3, 0.4) is 0 Å². The number of benzene rings is 2. The quantitative estimate of drug-likeness (QED) is 0.805. The lowest BCUT2D eigenvalue weighted by Gasteiger charge is -2.11. The van der Waals surface area contributed by atoms with E-state index >= 15 is 0 Å². The van der Waals surface area contributed by atoms with Crippen LogP contribution < -0.4 is 10.1 Å². The summed E-state index contributed by atoms with van der Waals surface area (Å²) in [6, 6.07) is 13.8. The van der Waals surface area contributed by atoms with Gasteiger partial charge in [0.25, 0.3) is 5.91 Å². The number of likely N-dealkylation sites (N-methyl/N-ethyl adjacent to an activating group) is 1. The number of hydrogen-bond donors (Lipinski definition) is 1. The molecule has 1 heterocycles. The van der Waals surface area contributed by atoms with Crippen molar-refractivity contribution >= 4 is 16.8 Å². The van der Waals surface area contributed by atoms with Gasteiger partial charge in [-0.2, -0.15) is 0 Å². The van der Waals surface area contributed by atoms with E-state index < -0.39 is 0 Å². The van der Waals surface area contributed by atoms with Crippen LogP contribution in [0.5, 0.6) is 5.75 Å². The molecule has 0 aliphatic rings. The number of pyridine rings is 1. The molecule has 0 aliphatic heterocycles. The highest BCUT2D eigenvalue weighted by atomic mass is 19.1. The van der Waals surface area contributed by atoms with Crippen LogP contribution in [0.25, 0.3) is 22.0 Å². The molecular weight excluding hydrogens is 295 g/mol. The summed E-state index contributed by atoms with van der Waals surface area (Å²) in [5.41, 5.74) is 2.08. The molecule has 2 aromatic carbocycles. The lowest BCUT2D eigenvalue weighted by atomic mass is 10.0. The standard InChI is InChI=1S/C18H15FN2O2/c1-20-18(22)11-23-17-8-3-2-5-13(17)12-9-14-15(19)6-4-7-16(14)21-10-12/h2-10H,11H2,1H3,(H,20,22). The summed E-state index contributed by atoms with van der Waals surface area (Å²) in [5.74, 6) is 0.0108. The van der Waals surface area contributed by atoms with Gasteiger partial charge in [0, 0.05) is 29.8 Å². The third-order valence-electron chi connectivity index (χ3n) is 3.51. The van der Waals surface area contributed by atoms with Crippen LogP contribution in [0.4, 0.5) is 4.39 Å². The number of para-hydroxylation sites is 1. The highest BCUT2D eigenvalue weighted by molar-refractivity contribution is 5.85. The van der Waals surface area contributed by atoms with E-state index in [4.69, 9.17) is 4.74 Å². The Balaban J connectivity index is 2.01. The third-order valence-corrected chi connectivity index (χ3v) is 3.51. The van der Waals surface area contributed by atoms with Gasteiger partial charge in [0.2, 0.25) is 0 Å². The topological polar surface area (TPSA) is 51.2 Å². The van der Waals surface area contributed by atoms with Crippen molar-refractivity contribution in [2.75, 3.05) is 13.7 Å². The van der Waals surface area contributed by atoms with Gasteiger partial charge in [-0.1, -0.05) is 24.3 Å². The van der Waals surface area contributed by atoms with Gasteiger partial charge in [-0.25, -0.2) is 4.39 Å². The maximum absolute atomic E-state index is 14.0. The van der Waals surface area contributed by atoms with Crippen LogP contribution >= 0.6 is 0 Å². The van der Waals surface area contributed by atoms with Gasteiger partial charge < -0.3 is 10.1 Å². The van der Waals surface area contributed by atoms with Crippen molar-refractivity contribution in [3.8, 4) is 16.9 Å². The van der Waals surface area contributed by atoms with E-state index in [1.165, 1.54) is 6.07 Å². The Bertz CT molecular complexity index is 865. The third kappa shape index (κ3) is 3.13. The summed E-state index contributed by atoms with van der Waals surface area (Å²) in [5, 5.41) is 2.95. The predicted molar refractivity (Wildman–Crippen MR) is 86.7 cm³/mol. The number of halogens is 1. The highest BCUT2D eigenvalue weighted by Gasteiger charge is 2.10. The van der Waals surface area contributed by atoms with Crippen LogP contribution in [0.1, 0.15) is 0 Å². The first-order chi connectivity index (χ1) is 11.2. The Labute approximate surface area is 132 Å². The number of rotatable bonds is 4. The SMILES string of the molecule is CNC(=O)COc1ccccc1-c1cnc2cccc(F)c2c1. The van der Waals surface area contributed by atoms with Crippen molar-refractivity contribution in [2.24, 2.45) is 0 Å². The number of amides is 1. The van der Waals surface area contributed by atoms with E-state index in [-0.39, 0.29) is 18.3 Å². The molecule has 23 heavy (non-hydrogen) atoms. The predicted octanol–water partition coefficient (Wildman–Crippen LogP) is 3.17. The molecular formula is C18H15FN2O2. The van der Waals surface area contributed by atoms with Gasteiger partial charge in [0.15, 0.2) is 6.61 Å². The van der Waals surface area contributed by atoms with Crippen molar-refractivity contribution in [1.82, 2.24) is 10.3 Å². The summed E-state index contributed by atoms with van der Waals surface area (Å²) in [7, 11) is 1.55.